The smallest absolute Gasteiger partial charge is 0.271 e. The van der Waals surface area contributed by atoms with E-state index < -0.39 is 43.3 Å². The van der Waals surface area contributed by atoms with Crippen LogP contribution in [-0.4, -0.2) is 46.8 Å². The molecule has 1 N–H and O–H groups in total. The molecule has 7 nitrogen and oxygen atoms in total. The van der Waals surface area contributed by atoms with Crippen LogP contribution in [0.2, 0.25) is 0 Å². The van der Waals surface area contributed by atoms with Crippen molar-refractivity contribution in [2.24, 2.45) is 0 Å². The second-order valence-electron chi connectivity index (χ2n) is 7.20. The van der Waals surface area contributed by atoms with Crippen molar-refractivity contribution in [2.45, 2.75) is 37.6 Å². The first-order valence-corrected chi connectivity index (χ1v) is 10.5. The average molecular weight is 443 g/mol. The first-order valence-electron chi connectivity index (χ1n) is 9.60. The number of alkyl halides is 2. The lowest BCUT2D eigenvalue weighted by Crippen LogP contribution is -2.43. The zero-order valence-corrected chi connectivity index (χ0v) is 17.3. The van der Waals surface area contributed by atoms with Crippen molar-refractivity contribution in [1.82, 2.24) is 15.2 Å². The molecule has 1 aliphatic heterocycles. The van der Waals surface area contributed by atoms with Crippen LogP contribution in [-0.2, 0) is 17.6 Å². The van der Waals surface area contributed by atoms with Crippen LogP contribution in [0, 0.1) is 22.7 Å². The number of rotatable bonds is 7. The SMILES string of the molecule is N#Cc1ccc(CCCc2nc(C(=O)NCC(=O)N3CC(F)(F)C[C@H]3C#N)cs2)cc1. The van der Waals surface area contributed by atoms with E-state index in [4.69, 9.17) is 10.5 Å². The topological polar surface area (TPSA) is 110 Å². The maximum absolute atomic E-state index is 13.4. The zero-order valence-electron chi connectivity index (χ0n) is 16.5. The third kappa shape index (κ3) is 5.83. The third-order valence-electron chi connectivity index (χ3n) is 4.86. The maximum atomic E-state index is 13.4. The summed E-state index contributed by atoms with van der Waals surface area (Å²) in [6.07, 6.45) is 1.60. The molecule has 1 fully saturated rings. The number of nitrogens with zero attached hydrogens (tertiary/aromatic N) is 4. The quantitative estimate of drug-likeness (QED) is 0.708. The van der Waals surface area contributed by atoms with Gasteiger partial charge in [0.1, 0.15) is 11.7 Å². The Morgan fingerprint density at radius 1 is 1.26 bits per heavy atom. The summed E-state index contributed by atoms with van der Waals surface area (Å²) >= 11 is 1.33. The first-order chi connectivity index (χ1) is 14.8. The van der Waals surface area contributed by atoms with Gasteiger partial charge in [0.2, 0.25) is 5.91 Å². The molecule has 2 aromatic rings. The molecule has 2 amide bonds. The lowest BCUT2D eigenvalue weighted by atomic mass is 10.1. The fourth-order valence-electron chi connectivity index (χ4n) is 3.26. The minimum atomic E-state index is -3.10. The van der Waals surface area contributed by atoms with Gasteiger partial charge >= 0.3 is 0 Å². The number of aromatic nitrogens is 1. The van der Waals surface area contributed by atoms with E-state index in [2.05, 4.69) is 16.4 Å². The van der Waals surface area contributed by atoms with Gasteiger partial charge in [0, 0.05) is 11.8 Å². The number of halogens is 2. The summed E-state index contributed by atoms with van der Waals surface area (Å²) in [5.74, 6) is -4.39. The van der Waals surface area contributed by atoms with Gasteiger partial charge in [0.15, 0.2) is 0 Å². The van der Waals surface area contributed by atoms with Crippen molar-refractivity contribution in [3.8, 4) is 12.1 Å². The Balaban J connectivity index is 1.46. The summed E-state index contributed by atoms with van der Waals surface area (Å²) in [5.41, 5.74) is 1.88. The molecular formula is C21H19F2N5O2S. The number of benzene rings is 1. The minimum Gasteiger partial charge on any atom is -0.342 e. The molecule has 0 aliphatic carbocycles. The molecule has 1 saturated heterocycles. The van der Waals surface area contributed by atoms with Crippen LogP contribution in [0.15, 0.2) is 29.6 Å². The number of likely N-dealkylation sites (tertiary alicyclic amines) is 1. The molecule has 1 aromatic heterocycles. The van der Waals surface area contributed by atoms with Crippen molar-refractivity contribution < 1.29 is 18.4 Å². The largest absolute Gasteiger partial charge is 0.342 e. The van der Waals surface area contributed by atoms with E-state index in [0.717, 1.165) is 28.3 Å². The lowest BCUT2D eigenvalue weighted by molar-refractivity contribution is -0.131. The summed E-state index contributed by atoms with van der Waals surface area (Å²) in [6.45, 7) is -1.29. The first kappa shape index (κ1) is 22.3. The number of nitrogens with one attached hydrogen (secondary N) is 1. The van der Waals surface area contributed by atoms with Crippen LogP contribution in [0.1, 0.15) is 39.5 Å². The molecule has 1 atom stereocenters. The highest BCUT2D eigenvalue weighted by atomic mass is 32.1. The Morgan fingerprint density at radius 2 is 2.00 bits per heavy atom. The summed E-state index contributed by atoms with van der Waals surface area (Å²) in [4.78, 5) is 29.5. The molecule has 160 valence electrons. The minimum absolute atomic E-state index is 0.162. The van der Waals surface area contributed by atoms with E-state index in [1.807, 2.05) is 12.1 Å². The van der Waals surface area contributed by atoms with Gasteiger partial charge < -0.3 is 10.2 Å². The summed E-state index contributed by atoms with van der Waals surface area (Å²) in [7, 11) is 0. The van der Waals surface area contributed by atoms with Crippen LogP contribution in [0.4, 0.5) is 8.78 Å². The van der Waals surface area contributed by atoms with Crippen LogP contribution in [0.5, 0.6) is 0 Å². The summed E-state index contributed by atoms with van der Waals surface area (Å²) in [6, 6.07) is 9.93. The molecule has 0 bridgehead atoms. The lowest BCUT2D eigenvalue weighted by Gasteiger charge is -2.19. The van der Waals surface area contributed by atoms with E-state index in [9.17, 15) is 18.4 Å². The summed E-state index contributed by atoms with van der Waals surface area (Å²) in [5, 5.41) is 22.5. The molecule has 3 rings (SSSR count). The Bertz CT molecular complexity index is 1040. The molecule has 0 spiro atoms. The average Bonchev–Trinajstić information content (AvgIpc) is 3.36. The Morgan fingerprint density at radius 3 is 2.68 bits per heavy atom. The van der Waals surface area contributed by atoms with E-state index in [1.165, 1.54) is 11.3 Å². The van der Waals surface area contributed by atoms with Gasteiger partial charge in [0.25, 0.3) is 11.8 Å². The number of hydrogen-bond acceptors (Lipinski definition) is 6. The Labute approximate surface area is 181 Å². The molecule has 0 radical (unpaired) electrons. The third-order valence-corrected chi connectivity index (χ3v) is 5.77. The van der Waals surface area contributed by atoms with Crippen LogP contribution < -0.4 is 5.32 Å². The zero-order chi connectivity index (χ0) is 22.4. The maximum Gasteiger partial charge on any atom is 0.271 e. The fraction of sp³-hybridized carbons (Fsp3) is 0.381. The highest BCUT2D eigenvalue weighted by molar-refractivity contribution is 7.09. The van der Waals surface area contributed by atoms with Crippen molar-refractivity contribution in [3.63, 3.8) is 0 Å². The highest BCUT2D eigenvalue weighted by Crippen LogP contribution is 2.31. The molecule has 2 heterocycles. The van der Waals surface area contributed by atoms with Gasteiger partial charge in [-0.05, 0) is 37.0 Å². The number of thiazole rings is 1. The van der Waals surface area contributed by atoms with Crippen LogP contribution >= 0.6 is 11.3 Å². The second kappa shape index (κ2) is 9.63. The van der Waals surface area contributed by atoms with E-state index >= 15 is 0 Å². The van der Waals surface area contributed by atoms with Crippen LogP contribution in [0.25, 0.3) is 0 Å². The monoisotopic (exact) mass is 443 g/mol. The van der Waals surface area contributed by atoms with Crippen molar-refractivity contribution in [2.75, 3.05) is 13.1 Å². The number of carbonyl (C=O) groups is 2. The van der Waals surface area contributed by atoms with Crippen molar-refractivity contribution in [1.29, 1.82) is 10.5 Å². The van der Waals surface area contributed by atoms with E-state index in [1.54, 1.807) is 23.6 Å². The molecule has 1 aromatic carbocycles. The molecule has 0 saturated carbocycles. The standard InChI is InChI=1S/C21H19F2N5O2S/c22-21(23)8-16(10-25)28(13-21)19(29)11-26-20(30)17-12-31-18(27-17)3-1-2-14-4-6-15(9-24)7-5-14/h4-7,12,16H,1-3,8,11,13H2,(H,26,30)/t16-/m0/s1. The highest BCUT2D eigenvalue weighted by Gasteiger charge is 2.47. The molecule has 0 unspecified atom stereocenters. The molecule has 31 heavy (non-hydrogen) atoms. The normalized spacial score (nSPS) is 17.0. The van der Waals surface area contributed by atoms with Crippen molar-refractivity contribution >= 4 is 23.2 Å². The van der Waals surface area contributed by atoms with Crippen molar-refractivity contribution in [3.05, 3.63) is 51.5 Å². The molecule has 10 heteroatoms. The van der Waals surface area contributed by atoms with Gasteiger partial charge in [-0.2, -0.15) is 10.5 Å². The van der Waals surface area contributed by atoms with Gasteiger partial charge in [-0.1, -0.05) is 12.1 Å². The Kier molecular flexibility index (Phi) is 6.93. The number of carbonyl (C=O) groups excluding carboxylic acids is 2. The number of nitriles is 2. The van der Waals surface area contributed by atoms with E-state index in [0.29, 0.717) is 12.0 Å². The van der Waals surface area contributed by atoms with Crippen LogP contribution in [0.3, 0.4) is 0 Å². The fourth-order valence-corrected chi connectivity index (χ4v) is 4.08. The number of aryl methyl sites for hydroxylation is 2. The molecule has 1 aliphatic rings. The van der Waals surface area contributed by atoms with Gasteiger partial charge in [-0.3, -0.25) is 9.59 Å². The second-order valence-corrected chi connectivity index (χ2v) is 8.14. The van der Waals surface area contributed by atoms with Gasteiger partial charge in [-0.15, -0.1) is 11.3 Å². The number of hydrogen-bond donors (Lipinski definition) is 1. The molecular weight excluding hydrogens is 424 g/mol. The van der Waals surface area contributed by atoms with Gasteiger partial charge in [-0.25, -0.2) is 13.8 Å². The predicted molar refractivity (Wildman–Crippen MR) is 108 cm³/mol. The Hall–Kier alpha value is -3.37. The van der Waals surface area contributed by atoms with E-state index in [-0.39, 0.29) is 5.69 Å². The predicted octanol–water partition coefficient (Wildman–Crippen LogP) is 2.68. The van der Waals surface area contributed by atoms with Gasteiger partial charge in [0.05, 0.1) is 35.8 Å². The number of amides is 2. The summed E-state index contributed by atoms with van der Waals surface area (Å²) < 4.78 is 26.9.